The molecule has 0 bridgehead atoms. The molecule has 1 amide bonds. The average Bonchev–Trinajstić information content (AvgIpc) is 2.71. The Labute approximate surface area is 158 Å². The molecule has 138 valence electrons. The highest BCUT2D eigenvalue weighted by Crippen LogP contribution is 2.17. The fourth-order valence-corrected chi connectivity index (χ4v) is 2.48. The third kappa shape index (κ3) is 5.04. The monoisotopic (exact) mass is 362 g/mol. The zero-order valence-electron chi connectivity index (χ0n) is 15.4. The molecule has 0 aliphatic carbocycles. The van der Waals surface area contributed by atoms with Gasteiger partial charge in [-0.25, -0.2) is 9.97 Å². The van der Waals surface area contributed by atoms with Gasteiger partial charge < -0.3 is 15.4 Å². The lowest BCUT2D eigenvalue weighted by molar-refractivity contribution is 0.102. The number of hydrogen-bond donors (Lipinski definition) is 2. The summed E-state index contributed by atoms with van der Waals surface area (Å²) in [5, 5.41) is 5.96. The third-order valence-corrected chi connectivity index (χ3v) is 3.94. The van der Waals surface area contributed by atoms with E-state index in [-0.39, 0.29) is 11.6 Å². The van der Waals surface area contributed by atoms with Crippen molar-refractivity contribution in [1.29, 1.82) is 0 Å². The Morgan fingerprint density at radius 1 is 0.926 bits per heavy atom. The van der Waals surface area contributed by atoms with Gasteiger partial charge in [-0.1, -0.05) is 19.1 Å². The average molecular weight is 362 g/mol. The normalized spacial score (nSPS) is 10.3. The Morgan fingerprint density at radius 2 is 1.63 bits per heavy atom. The lowest BCUT2D eigenvalue weighted by Crippen LogP contribution is -2.14. The van der Waals surface area contributed by atoms with Crippen molar-refractivity contribution in [3.05, 3.63) is 72.2 Å². The molecule has 0 saturated heterocycles. The van der Waals surface area contributed by atoms with Crippen LogP contribution in [0.1, 0.15) is 29.9 Å². The van der Waals surface area contributed by atoms with Gasteiger partial charge in [-0.3, -0.25) is 4.79 Å². The minimum absolute atomic E-state index is 0.246. The maximum absolute atomic E-state index is 12.3. The Hall–Kier alpha value is -3.41. The summed E-state index contributed by atoms with van der Waals surface area (Å²) >= 11 is 0. The van der Waals surface area contributed by atoms with Gasteiger partial charge in [-0.15, -0.1) is 0 Å². The molecule has 0 spiro atoms. The van der Waals surface area contributed by atoms with Gasteiger partial charge in [0, 0.05) is 11.4 Å². The van der Waals surface area contributed by atoms with E-state index in [1.54, 1.807) is 18.3 Å². The maximum atomic E-state index is 12.3. The number of nitrogens with one attached hydrogen (secondary N) is 2. The maximum Gasteiger partial charge on any atom is 0.275 e. The fourth-order valence-electron chi connectivity index (χ4n) is 2.48. The van der Waals surface area contributed by atoms with Crippen LogP contribution in [0.4, 0.5) is 17.2 Å². The van der Waals surface area contributed by atoms with Gasteiger partial charge in [0.05, 0.1) is 19.0 Å². The van der Waals surface area contributed by atoms with Crippen LogP contribution in [-0.4, -0.2) is 22.5 Å². The summed E-state index contributed by atoms with van der Waals surface area (Å²) in [6.07, 6.45) is 3.99. The quantitative estimate of drug-likeness (QED) is 0.650. The van der Waals surface area contributed by atoms with Crippen molar-refractivity contribution < 1.29 is 9.53 Å². The number of carbonyl (C=O) groups is 1. The van der Waals surface area contributed by atoms with E-state index >= 15 is 0 Å². The van der Waals surface area contributed by atoms with Crippen LogP contribution in [0.2, 0.25) is 0 Å². The molecule has 2 N–H and O–H groups in total. The number of amides is 1. The molecule has 1 aromatic heterocycles. The van der Waals surface area contributed by atoms with Crippen molar-refractivity contribution in [3.63, 3.8) is 0 Å². The van der Waals surface area contributed by atoms with Gasteiger partial charge in [0.1, 0.15) is 17.3 Å². The minimum Gasteiger partial charge on any atom is -0.494 e. The first-order valence-electron chi connectivity index (χ1n) is 8.90. The fraction of sp³-hybridized carbons (Fsp3) is 0.190. The number of benzene rings is 2. The second-order valence-electron chi connectivity index (χ2n) is 5.87. The lowest BCUT2D eigenvalue weighted by Gasteiger charge is -2.08. The highest BCUT2D eigenvalue weighted by Gasteiger charge is 2.09. The number of rotatable bonds is 7. The molecule has 1 heterocycles. The zero-order chi connectivity index (χ0) is 19.1. The molecule has 6 nitrogen and oxygen atoms in total. The molecule has 3 aromatic rings. The van der Waals surface area contributed by atoms with E-state index in [2.05, 4.69) is 39.7 Å². The van der Waals surface area contributed by atoms with Crippen LogP contribution >= 0.6 is 0 Å². The van der Waals surface area contributed by atoms with Gasteiger partial charge in [-0.05, 0) is 55.3 Å². The summed E-state index contributed by atoms with van der Waals surface area (Å²) in [5.74, 6) is 1.03. The Morgan fingerprint density at radius 3 is 2.22 bits per heavy atom. The van der Waals surface area contributed by atoms with E-state index < -0.39 is 0 Å². The van der Waals surface area contributed by atoms with E-state index in [4.69, 9.17) is 4.74 Å². The SMILES string of the molecule is CCOc1ccc(NC(=O)c2cnc(Nc3ccc(CC)cc3)cn2)cc1. The van der Waals surface area contributed by atoms with E-state index in [0.29, 0.717) is 18.1 Å². The molecule has 27 heavy (non-hydrogen) atoms. The summed E-state index contributed by atoms with van der Waals surface area (Å²) in [6, 6.07) is 15.3. The molecular formula is C21H22N4O2. The smallest absolute Gasteiger partial charge is 0.275 e. The molecule has 6 heteroatoms. The van der Waals surface area contributed by atoms with Crippen LogP contribution < -0.4 is 15.4 Å². The van der Waals surface area contributed by atoms with Crippen LogP contribution in [0.25, 0.3) is 0 Å². The third-order valence-electron chi connectivity index (χ3n) is 3.94. The Kier molecular flexibility index (Phi) is 5.99. The van der Waals surface area contributed by atoms with Crippen LogP contribution in [0.15, 0.2) is 60.9 Å². The first kappa shape index (κ1) is 18.4. The van der Waals surface area contributed by atoms with Crippen molar-refractivity contribution >= 4 is 23.1 Å². The van der Waals surface area contributed by atoms with Gasteiger partial charge in [0.15, 0.2) is 0 Å². The summed E-state index contributed by atoms with van der Waals surface area (Å²) in [4.78, 5) is 20.8. The first-order chi connectivity index (χ1) is 13.2. The summed E-state index contributed by atoms with van der Waals surface area (Å²) in [5.41, 5.74) is 3.11. The van der Waals surface area contributed by atoms with Crippen LogP contribution in [-0.2, 0) is 6.42 Å². The number of anilines is 3. The second-order valence-corrected chi connectivity index (χ2v) is 5.87. The molecule has 0 aliphatic rings. The predicted molar refractivity (Wildman–Crippen MR) is 107 cm³/mol. The molecule has 0 aliphatic heterocycles. The van der Waals surface area contributed by atoms with Crippen LogP contribution in [0.5, 0.6) is 5.75 Å². The topological polar surface area (TPSA) is 76.1 Å². The van der Waals surface area contributed by atoms with E-state index in [1.165, 1.54) is 11.8 Å². The lowest BCUT2D eigenvalue weighted by atomic mass is 10.1. The molecule has 0 radical (unpaired) electrons. The number of nitrogens with zero attached hydrogens (tertiary/aromatic N) is 2. The van der Waals surface area contributed by atoms with Crippen molar-refractivity contribution in [2.24, 2.45) is 0 Å². The van der Waals surface area contributed by atoms with Gasteiger partial charge in [-0.2, -0.15) is 0 Å². The number of aryl methyl sites for hydroxylation is 1. The van der Waals surface area contributed by atoms with E-state index in [9.17, 15) is 4.79 Å². The van der Waals surface area contributed by atoms with Gasteiger partial charge in [0.25, 0.3) is 5.91 Å². The predicted octanol–water partition coefficient (Wildman–Crippen LogP) is 4.43. The molecule has 0 saturated carbocycles. The zero-order valence-corrected chi connectivity index (χ0v) is 15.4. The van der Waals surface area contributed by atoms with Gasteiger partial charge in [0.2, 0.25) is 0 Å². The molecule has 0 atom stereocenters. The van der Waals surface area contributed by atoms with Crippen molar-refractivity contribution in [2.45, 2.75) is 20.3 Å². The molecular weight excluding hydrogens is 340 g/mol. The molecule has 0 unspecified atom stereocenters. The largest absolute Gasteiger partial charge is 0.494 e. The Balaban J connectivity index is 1.60. The highest BCUT2D eigenvalue weighted by atomic mass is 16.5. The van der Waals surface area contributed by atoms with E-state index in [0.717, 1.165) is 17.9 Å². The highest BCUT2D eigenvalue weighted by molar-refractivity contribution is 6.02. The molecule has 0 fully saturated rings. The first-order valence-corrected chi connectivity index (χ1v) is 8.90. The standard InChI is InChI=1S/C21H22N4O2/c1-3-15-5-7-16(8-6-15)24-20-14-22-19(13-23-20)21(26)25-17-9-11-18(12-10-17)27-4-2/h5-14H,3-4H2,1-2H3,(H,23,24)(H,25,26). The van der Waals surface area contributed by atoms with Crippen molar-refractivity contribution in [3.8, 4) is 5.75 Å². The molecule has 2 aromatic carbocycles. The summed E-state index contributed by atoms with van der Waals surface area (Å²) in [6.45, 7) is 4.64. The number of hydrogen-bond acceptors (Lipinski definition) is 5. The van der Waals surface area contributed by atoms with E-state index in [1.807, 2.05) is 31.2 Å². The van der Waals surface area contributed by atoms with Crippen molar-refractivity contribution in [1.82, 2.24) is 9.97 Å². The second kappa shape index (κ2) is 8.80. The number of aromatic nitrogens is 2. The molecule has 3 rings (SSSR count). The minimum atomic E-state index is -0.314. The van der Waals surface area contributed by atoms with Crippen LogP contribution in [0, 0.1) is 0 Å². The van der Waals surface area contributed by atoms with Gasteiger partial charge >= 0.3 is 0 Å². The van der Waals surface area contributed by atoms with Crippen molar-refractivity contribution in [2.75, 3.05) is 17.2 Å². The Bertz CT molecular complexity index is 876. The summed E-state index contributed by atoms with van der Waals surface area (Å²) in [7, 11) is 0. The summed E-state index contributed by atoms with van der Waals surface area (Å²) < 4.78 is 5.38. The number of ether oxygens (including phenoxy) is 1. The van der Waals surface area contributed by atoms with Crippen LogP contribution in [0.3, 0.4) is 0 Å². The number of carbonyl (C=O) groups excluding carboxylic acids is 1.